The van der Waals surface area contributed by atoms with Gasteiger partial charge in [-0.25, -0.2) is 0 Å². The standard InChI is InChI=1S/C14H16N2O2/c1-18-13-4-2-3-12(9-13)14(17)16-8-6-11-5-7-15-10-11/h2-5,7,9-10,15H,6,8H2,1H3,(H,16,17). The zero-order valence-corrected chi connectivity index (χ0v) is 10.3. The minimum atomic E-state index is -0.0792. The Kier molecular flexibility index (Phi) is 4.02. The summed E-state index contributed by atoms with van der Waals surface area (Å²) in [4.78, 5) is 14.9. The lowest BCUT2D eigenvalue weighted by molar-refractivity contribution is 0.0954. The molecule has 1 heterocycles. The number of nitrogens with one attached hydrogen (secondary N) is 2. The Morgan fingerprint density at radius 2 is 2.28 bits per heavy atom. The third-order valence-electron chi connectivity index (χ3n) is 2.69. The summed E-state index contributed by atoms with van der Waals surface area (Å²) in [5, 5.41) is 2.88. The summed E-state index contributed by atoms with van der Waals surface area (Å²) in [6.07, 6.45) is 4.62. The van der Waals surface area contributed by atoms with Gasteiger partial charge in [0.25, 0.3) is 5.91 Å². The first kappa shape index (κ1) is 12.2. The van der Waals surface area contributed by atoms with Crippen molar-refractivity contribution in [3.63, 3.8) is 0 Å². The Balaban J connectivity index is 1.87. The van der Waals surface area contributed by atoms with Crippen LogP contribution in [0.1, 0.15) is 15.9 Å². The van der Waals surface area contributed by atoms with E-state index in [0.29, 0.717) is 17.9 Å². The van der Waals surface area contributed by atoms with Crippen LogP contribution in [-0.4, -0.2) is 24.5 Å². The van der Waals surface area contributed by atoms with Crippen LogP contribution in [0.4, 0.5) is 0 Å². The molecule has 2 rings (SSSR count). The molecule has 0 aliphatic heterocycles. The van der Waals surface area contributed by atoms with Gasteiger partial charge in [-0.1, -0.05) is 6.07 Å². The number of aromatic nitrogens is 1. The maximum Gasteiger partial charge on any atom is 0.251 e. The molecule has 4 heteroatoms. The highest BCUT2D eigenvalue weighted by molar-refractivity contribution is 5.94. The van der Waals surface area contributed by atoms with Crippen molar-refractivity contribution in [1.82, 2.24) is 10.3 Å². The lowest BCUT2D eigenvalue weighted by Gasteiger charge is -2.06. The molecule has 94 valence electrons. The predicted octanol–water partition coefficient (Wildman–Crippen LogP) is 2.00. The van der Waals surface area contributed by atoms with Crippen LogP contribution in [0.3, 0.4) is 0 Å². The first-order chi connectivity index (χ1) is 8.79. The maximum absolute atomic E-state index is 11.9. The predicted molar refractivity (Wildman–Crippen MR) is 69.8 cm³/mol. The van der Waals surface area contributed by atoms with Gasteiger partial charge in [0.1, 0.15) is 5.75 Å². The number of methoxy groups -OCH3 is 1. The lowest BCUT2D eigenvalue weighted by atomic mass is 10.2. The van der Waals surface area contributed by atoms with E-state index in [1.54, 1.807) is 25.3 Å². The molecular formula is C14H16N2O2. The maximum atomic E-state index is 11.9. The quantitative estimate of drug-likeness (QED) is 0.845. The van der Waals surface area contributed by atoms with Crippen molar-refractivity contribution in [3.05, 3.63) is 53.9 Å². The molecule has 0 bridgehead atoms. The molecule has 2 N–H and O–H groups in total. The van der Waals surface area contributed by atoms with Gasteiger partial charge in [0.15, 0.2) is 0 Å². The van der Waals surface area contributed by atoms with Crippen LogP contribution in [0.15, 0.2) is 42.7 Å². The van der Waals surface area contributed by atoms with Crippen LogP contribution in [-0.2, 0) is 6.42 Å². The highest BCUT2D eigenvalue weighted by Gasteiger charge is 2.05. The summed E-state index contributed by atoms with van der Waals surface area (Å²) in [5.74, 6) is 0.609. The molecule has 0 radical (unpaired) electrons. The average Bonchev–Trinajstić information content (AvgIpc) is 2.92. The second-order valence-corrected chi connectivity index (χ2v) is 3.96. The number of H-pyrrole nitrogens is 1. The Labute approximate surface area is 106 Å². The fourth-order valence-electron chi connectivity index (χ4n) is 1.70. The van der Waals surface area contributed by atoms with E-state index >= 15 is 0 Å². The molecule has 4 nitrogen and oxygen atoms in total. The number of hydrogen-bond acceptors (Lipinski definition) is 2. The monoisotopic (exact) mass is 244 g/mol. The van der Waals surface area contributed by atoms with Crippen LogP contribution in [0.2, 0.25) is 0 Å². The van der Waals surface area contributed by atoms with E-state index < -0.39 is 0 Å². The van der Waals surface area contributed by atoms with Crippen LogP contribution in [0.25, 0.3) is 0 Å². The highest BCUT2D eigenvalue weighted by atomic mass is 16.5. The van der Waals surface area contributed by atoms with Gasteiger partial charge in [0.2, 0.25) is 0 Å². The largest absolute Gasteiger partial charge is 0.497 e. The molecule has 2 aromatic rings. The van der Waals surface area contributed by atoms with E-state index in [4.69, 9.17) is 4.74 Å². The summed E-state index contributed by atoms with van der Waals surface area (Å²) in [7, 11) is 1.59. The van der Waals surface area contributed by atoms with E-state index in [1.165, 1.54) is 5.56 Å². The van der Waals surface area contributed by atoms with Crippen molar-refractivity contribution < 1.29 is 9.53 Å². The molecule has 1 aromatic carbocycles. The number of aromatic amines is 1. The Hall–Kier alpha value is -2.23. The van der Waals surface area contributed by atoms with Crippen molar-refractivity contribution in [2.24, 2.45) is 0 Å². The molecule has 1 amide bonds. The highest BCUT2D eigenvalue weighted by Crippen LogP contribution is 2.12. The summed E-state index contributed by atoms with van der Waals surface area (Å²) >= 11 is 0. The summed E-state index contributed by atoms with van der Waals surface area (Å²) < 4.78 is 5.08. The molecule has 0 saturated heterocycles. The molecule has 0 atom stereocenters. The smallest absolute Gasteiger partial charge is 0.251 e. The normalized spacial score (nSPS) is 10.1. The zero-order valence-electron chi connectivity index (χ0n) is 10.3. The number of carbonyl (C=O) groups excluding carboxylic acids is 1. The number of carbonyl (C=O) groups is 1. The van der Waals surface area contributed by atoms with Gasteiger partial charge >= 0.3 is 0 Å². The summed E-state index contributed by atoms with van der Waals surface area (Å²) in [6.45, 7) is 0.619. The Morgan fingerprint density at radius 1 is 1.39 bits per heavy atom. The molecule has 0 aliphatic carbocycles. The van der Waals surface area contributed by atoms with Gasteiger partial charge in [-0.3, -0.25) is 4.79 Å². The molecule has 0 saturated carbocycles. The van der Waals surface area contributed by atoms with Crippen LogP contribution >= 0.6 is 0 Å². The van der Waals surface area contributed by atoms with Crippen molar-refractivity contribution >= 4 is 5.91 Å². The molecule has 1 aromatic heterocycles. The average molecular weight is 244 g/mol. The topological polar surface area (TPSA) is 54.1 Å². The Morgan fingerprint density at radius 3 is 3.00 bits per heavy atom. The molecule has 0 unspecified atom stereocenters. The van der Waals surface area contributed by atoms with Gasteiger partial charge < -0.3 is 15.0 Å². The number of hydrogen-bond donors (Lipinski definition) is 2. The van der Waals surface area contributed by atoms with E-state index in [0.717, 1.165) is 6.42 Å². The minimum absolute atomic E-state index is 0.0792. The van der Waals surface area contributed by atoms with Crippen LogP contribution in [0, 0.1) is 0 Å². The first-order valence-electron chi connectivity index (χ1n) is 5.83. The second-order valence-electron chi connectivity index (χ2n) is 3.96. The van der Waals surface area contributed by atoms with Gasteiger partial charge in [-0.15, -0.1) is 0 Å². The molecule has 0 aliphatic rings. The van der Waals surface area contributed by atoms with Crippen LogP contribution in [0.5, 0.6) is 5.75 Å². The van der Waals surface area contributed by atoms with E-state index in [1.807, 2.05) is 24.5 Å². The van der Waals surface area contributed by atoms with Gasteiger partial charge in [-0.05, 0) is 36.2 Å². The third kappa shape index (κ3) is 3.13. The molecule has 0 spiro atoms. The van der Waals surface area contributed by atoms with Crippen molar-refractivity contribution in [2.45, 2.75) is 6.42 Å². The number of ether oxygens (including phenoxy) is 1. The van der Waals surface area contributed by atoms with E-state index in [-0.39, 0.29) is 5.91 Å². The van der Waals surface area contributed by atoms with E-state index in [2.05, 4.69) is 10.3 Å². The minimum Gasteiger partial charge on any atom is -0.497 e. The Bertz CT molecular complexity index is 506. The number of amides is 1. The fourth-order valence-corrected chi connectivity index (χ4v) is 1.70. The second kappa shape index (κ2) is 5.91. The van der Waals surface area contributed by atoms with Gasteiger partial charge in [0.05, 0.1) is 7.11 Å². The summed E-state index contributed by atoms with van der Waals surface area (Å²) in [5.41, 5.74) is 1.80. The molecule has 18 heavy (non-hydrogen) atoms. The lowest BCUT2D eigenvalue weighted by Crippen LogP contribution is -2.25. The summed E-state index contributed by atoms with van der Waals surface area (Å²) in [6, 6.07) is 9.12. The number of rotatable bonds is 5. The van der Waals surface area contributed by atoms with Crippen molar-refractivity contribution in [2.75, 3.05) is 13.7 Å². The van der Waals surface area contributed by atoms with Gasteiger partial charge in [0, 0.05) is 24.5 Å². The van der Waals surface area contributed by atoms with Crippen molar-refractivity contribution in [1.29, 1.82) is 0 Å². The van der Waals surface area contributed by atoms with E-state index in [9.17, 15) is 4.79 Å². The fraction of sp³-hybridized carbons (Fsp3) is 0.214. The third-order valence-corrected chi connectivity index (χ3v) is 2.69. The molecule has 0 fully saturated rings. The molecular weight excluding hydrogens is 228 g/mol. The van der Waals surface area contributed by atoms with Crippen LogP contribution < -0.4 is 10.1 Å². The SMILES string of the molecule is COc1cccc(C(=O)NCCc2cc[nH]c2)c1. The van der Waals surface area contributed by atoms with Gasteiger partial charge in [-0.2, -0.15) is 0 Å². The zero-order chi connectivity index (χ0) is 12.8. The first-order valence-corrected chi connectivity index (χ1v) is 5.83. The number of benzene rings is 1. The van der Waals surface area contributed by atoms with Crippen molar-refractivity contribution in [3.8, 4) is 5.75 Å².